The number of rotatable bonds is 74. The van der Waals surface area contributed by atoms with Crippen LogP contribution in [0.1, 0.15) is 427 Å². The highest BCUT2D eigenvalue weighted by Crippen LogP contribution is 2.20. The summed E-state index contributed by atoms with van der Waals surface area (Å²) in [7, 11) is 0. The summed E-state index contributed by atoms with van der Waals surface area (Å²) >= 11 is 0. The Balaban J connectivity index is 0. The van der Waals surface area contributed by atoms with Crippen LogP contribution >= 0.6 is 0 Å². The van der Waals surface area contributed by atoms with Crippen molar-refractivity contribution in [1.82, 2.24) is 0 Å². The Morgan fingerprint density at radius 3 is 0.639 bits per heavy atom. The van der Waals surface area contributed by atoms with Gasteiger partial charge in [0.1, 0.15) is 32.7 Å². The summed E-state index contributed by atoms with van der Waals surface area (Å²) < 4.78 is 32.6. The lowest BCUT2D eigenvalue weighted by molar-refractivity contribution is -0.167. The van der Waals surface area contributed by atoms with Gasteiger partial charge >= 0.3 is 41.8 Å². The van der Waals surface area contributed by atoms with Gasteiger partial charge in [0.15, 0.2) is 12.2 Å². The highest BCUT2D eigenvalue weighted by atomic mass is 16.6. The van der Waals surface area contributed by atoms with E-state index in [4.69, 9.17) is 33.5 Å². The van der Waals surface area contributed by atoms with Gasteiger partial charge in [-0.1, -0.05) is 350 Å². The molecule has 0 bridgehead atoms. The lowest BCUT2D eigenvalue weighted by Crippen LogP contribution is -2.31. The van der Waals surface area contributed by atoms with E-state index >= 15 is 0 Å². The van der Waals surface area contributed by atoms with Gasteiger partial charge in [-0.3, -0.25) is 33.6 Å². The molecule has 15 heteroatoms. The smallest absolute Gasteiger partial charge is 0.306 e. The molecule has 0 saturated carbocycles. The minimum Gasteiger partial charge on any atom is -0.481 e. The molecule has 0 aliphatic rings. The van der Waals surface area contributed by atoms with Crippen LogP contribution in [0.25, 0.3) is 0 Å². The van der Waals surface area contributed by atoms with Crippen LogP contribution in [0.3, 0.4) is 0 Å². The van der Waals surface area contributed by atoms with E-state index in [-0.39, 0.29) is 81.9 Å². The van der Waals surface area contributed by atoms with Crippen LogP contribution in [0.5, 0.6) is 0 Å². The van der Waals surface area contributed by atoms with Crippen molar-refractivity contribution in [2.75, 3.05) is 26.4 Å². The molecule has 0 aromatic heterocycles. The number of carbonyl (C=O) groups is 8. The van der Waals surface area contributed by atoms with Gasteiger partial charge in [-0.05, 0) is 37.5 Å². The van der Waals surface area contributed by atoms with Crippen LogP contribution in [0.15, 0.2) is 0 Å². The molecule has 0 radical (unpaired) electrons. The molecule has 2 unspecified atom stereocenters. The molecule has 97 heavy (non-hydrogen) atoms. The third kappa shape index (κ3) is 76.0. The number of esters is 6. The first-order chi connectivity index (χ1) is 47.2. The van der Waals surface area contributed by atoms with Crippen molar-refractivity contribution in [2.24, 2.45) is 11.8 Å². The number of hydrogen-bond acceptors (Lipinski definition) is 14. The molecule has 2 atom stereocenters. The number of carboxylic acid groups (broad SMARTS) is 1. The summed E-state index contributed by atoms with van der Waals surface area (Å²) in [6.07, 6.45) is 64.5. The molecule has 0 spiro atoms. The molecule has 1 N–H and O–H groups in total. The highest BCUT2D eigenvalue weighted by molar-refractivity contribution is 5.73. The Morgan fingerprint density at radius 2 is 0.454 bits per heavy atom. The SMILES string of the molecule is CCCCCCCCCCCCCCCC(=O)OCC(COC(=O)CCCCCCCCCCCCCCC)OC(=O)CC(C)CC(=O)O.CCCCCCCCCCCCCCCC(=O)OCC(COC(=O)CCCCCCCCCCCCCCC)OC(=O)CC(C)CC=O. The van der Waals surface area contributed by atoms with Gasteiger partial charge in [0, 0.05) is 51.4 Å². The molecular weight excluding hydrogens is 1220 g/mol. The number of carboxylic acids is 1. The number of aldehydes is 1. The van der Waals surface area contributed by atoms with Gasteiger partial charge in [0.2, 0.25) is 0 Å². The fourth-order valence-electron chi connectivity index (χ4n) is 12.1. The van der Waals surface area contributed by atoms with Crippen molar-refractivity contribution in [3.63, 3.8) is 0 Å². The molecule has 0 amide bonds. The lowest BCUT2D eigenvalue weighted by atomic mass is 10.0. The zero-order chi connectivity index (χ0) is 71.6. The molecule has 0 rings (SSSR count). The summed E-state index contributed by atoms with van der Waals surface area (Å²) in [6.45, 7) is 11.8. The Labute approximate surface area is 594 Å². The normalized spacial score (nSPS) is 11.8. The molecule has 0 fully saturated rings. The first kappa shape index (κ1) is 95.0. The highest BCUT2D eigenvalue weighted by Gasteiger charge is 2.23. The summed E-state index contributed by atoms with van der Waals surface area (Å²) in [6, 6.07) is 0. The van der Waals surface area contributed by atoms with Crippen LogP contribution in [-0.2, 0) is 66.8 Å². The predicted molar refractivity (Wildman–Crippen MR) is 395 cm³/mol. The van der Waals surface area contributed by atoms with E-state index in [2.05, 4.69) is 27.7 Å². The molecule has 0 saturated heterocycles. The van der Waals surface area contributed by atoms with Crippen molar-refractivity contribution in [3.05, 3.63) is 0 Å². The number of hydrogen-bond donors (Lipinski definition) is 1. The minimum atomic E-state index is -0.985. The Bertz CT molecular complexity index is 1710. The predicted octanol–water partition coefficient (Wildman–Crippen LogP) is 23.0. The minimum absolute atomic E-state index is 0.0784. The van der Waals surface area contributed by atoms with Gasteiger partial charge in [-0.15, -0.1) is 0 Å². The number of aliphatic carboxylic acids is 1. The number of carbonyl (C=O) groups excluding carboxylic acids is 7. The van der Waals surface area contributed by atoms with Crippen LogP contribution in [0.4, 0.5) is 0 Å². The zero-order valence-corrected chi connectivity index (χ0v) is 63.8. The molecule has 0 heterocycles. The van der Waals surface area contributed by atoms with Crippen molar-refractivity contribution >= 4 is 48.1 Å². The van der Waals surface area contributed by atoms with E-state index < -0.39 is 36.0 Å². The largest absolute Gasteiger partial charge is 0.481 e. The maximum atomic E-state index is 12.5. The maximum absolute atomic E-state index is 12.5. The van der Waals surface area contributed by atoms with Crippen LogP contribution < -0.4 is 0 Å². The van der Waals surface area contributed by atoms with Crippen molar-refractivity contribution in [1.29, 1.82) is 0 Å². The summed E-state index contributed by atoms with van der Waals surface area (Å²) in [5, 5.41) is 8.99. The second-order valence-corrected chi connectivity index (χ2v) is 28.5. The monoisotopic (exact) mass is 1380 g/mol. The second kappa shape index (κ2) is 76.1. The summed E-state index contributed by atoms with van der Waals surface area (Å²) in [4.78, 5) is 96.2. The molecule has 15 nitrogen and oxygen atoms in total. The molecule has 0 aromatic carbocycles. The van der Waals surface area contributed by atoms with Gasteiger partial charge in [-0.25, -0.2) is 0 Å². The summed E-state index contributed by atoms with van der Waals surface area (Å²) in [5.41, 5.74) is 0. The van der Waals surface area contributed by atoms with Gasteiger partial charge in [-0.2, -0.15) is 0 Å². The van der Waals surface area contributed by atoms with Crippen molar-refractivity contribution < 1.29 is 71.9 Å². The lowest BCUT2D eigenvalue weighted by Gasteiger charge is -2.19. The summed E-state index contributed by atoms with van der Waals surface area (Å²) in [5.74, 6) is -4.00. The molecule has 570 valence electrons. The van der Waals surface area contributed by atoms with E-state index in [1.807, 2.05) is 0 Å². The van der Waals surface area contributed by atoms with Crippen molar-refractivity contribution in [3.8, 4) is 0 Å². The molecular formula is C82H152O15. The van der Waals surface area contributed by atoms with Crippen LogP contribution in [0.2, 0.25) is 0 Å². The number of unbranched alkanes of at least 4 members (excludes halogenated alkanes) is 48. The molecule has 0 aliphatic heterocycles. The van der Waals surface area contributed by atoms with Gasteiger partial charge < -0.3 is 38.3 Å². The Kier molecular flexibility index (Phi) is 74.6. The molecule has 0 aromatic rings. The van der Waals surface area contributed by atoms with E-state index in [9.17, 15) is 38.4 Å². The maximum Gasteiger partial charge on any atom is 0.306 e. The fourth-order valence-corrected chi connectivity index (χ4v) is 12.1. The van der Waals surface area contributed by atoms with Gasteiger partial charge in [0.05, 0.1) is 0 Å². The van der Waals surface area contributed by atoms with E-state index in [0.717, 1.165) is 83.3 Å². The average Bonchev–Trinajstić information content (AvgIpc) is 2.90. The molecule has 0 aliphatic carbocycles. The fraction of sp³-hybridized carbons (Fsp3) is 0.902. The quantitative estimate of drug-likeness (QED) is 0.0260. The van der Waals surface area contributed by atoms with Crippen LogP contribution in [-0.4, -0.2) is 91.8 Å². The average molecular weight is 1380 g/mol. The zero-order valence-electron chi connectivity index (χ0n) is 63.8. The first-order valence-corrected chi connectivity index (χ1v) is 40.9. The van der Waals surface area contributed by atoms with E-state index in [1.165, 1.54) is 257 Å². The standard InChI is InChI=1S/C41H76O8.C41H76O7/c1-4-6-8-10-12-14-16-18-20-22-24-26-28-30-39(44)47-34-37(49-41(46)33-36(3)32-38(42)43)35-48-40(45)31-29-27-25-23-21-19-17-15-13-11-9-7-5-2;1-4-6-8-10-12-14-16-18-20-22-24-26-28-30-39(43)46-35-38(48-41(45)34-37(3)32-33-42)36-47-40(44)31-29-27-25-23-21-19-17-15-13-11-9-7-5-2/h36-37H,4-35H2,1-3H3,(H,42,43);33,37-38H,4-32,34-36H2,1-3H3. The third-order valence-electron chi connectivity index (χ3n) is 18.3. The third-order valence-corrected chi connectivity index (χ3v) is 18.3. The van der Waals surface area contributed by atoms with E-state index in [1.54, 1.807) is 13.8 Å². The van der Waals surface area contributed by atoms with E-state index in [0.29, 0.717) is 25.7 Å². The Morgan fingerprint density at radius 1 is 0.268 bits per heavy atom. The van der Waals surface area contributed by atoms with Crippen LogP contribution in [0, 0.1) is 11.8 Å². The first-order valence-electron chi connectivity index (χ1n) is 40.9. The van der Waals surface area contributed by atoms with Gasteiger partial charge in [0.25, 0.3) is 0 Å². The Hall–Kier alpha value is -4.04. The second-order valence-electron chi connectivity index (χ2n) is 28.5. The number of ether oxygens (including phenoxy) is 6. The van der Waals surface area contributed by atoms with Crippen molar-refractivity contribution in [2.45, 2.75) is 439 Å². The topological polar surface area (TPSA) is 212 Å².